The van der Waals surface area contributed by atoms with E-state index in [4.69, 9.17) is 4.74 Å². The number of halogens is 1. The van der Waals surface area contributed by atoms with Crippen LogP contribution in [0.25, 0.3) is 5.57 Å². The van der Waals surface area contributed by atoms with Gasteiger partial charge in [-0.2, -0.15) is 0 Å². The lowest BCUT2D eigenvalue weighted by Gasteiger charge is -2.26. The van der Waals surface area contributed by atoms with Crippen LogP contribution in [0.3, 0.4) is 0 Å². The highest BCUT2D eigenvalue weighted by atomic mass is 35.5. The third-order valence-corrected chi connectivity index (χ3v) is 4.71. The Morgan fingerprint density at radius 1 is 1.08 bits per heavy atom. The lowest BCUT2D eigenvalue weighted by Crippen LogP contribution is -2.33. The summed E-state index contributed by atoms with van der Waals surface area (Å²) in [5.74, 6) is 0.583. The number of benzene rings is 1. The molecule has 1 aromatic carbocycles. The second-order valence-electron chi connectivity index (χ2n) is 6.24. The highest BCUT2D eigenvalue weighted by Crippen LogP contribution is 2.28. The average Bonchev–Trinajstić information content (AvgIpc) is 2.93. The van der Waals surface area contributed by atoms with Gasteiger partial charge in [-0.25, -0.2) is 0 Å². The Hall–Kier alpha value is -1.52. The van der Waals surface area contributed by atoms with Crippen LogP contribution in [0.5, 0.6) is 0 Å². The maximum atomic E-state index is 12.5. The minimum atomic E-state index is 0. The lowest BCUT2D eigenvalue weighted by molar-refractivity contribution is -0.128. The van der Waals surface area contributed by atoms with Crippen LogP contribution in [0.15, 0.2) is 36.1 Å². The van der Waals surface area contributed by atoms with E-state index in [9.17, 15) is 4.79 Å². The van der Waals surface area contributed by atoms with Crippen molar-refractivity contribution in [1.29, 1.82) is 0 Å². The molecular weight excluding hydrogens is 324 g/mol. The third kappa shape index (κ3) is 4.31. The minimum Gasteiger partial charge on any atom is -0.486 e. The Bertz CT molecular complexity index is 568. The van der Waals surface area contributed by atoms with Crippen molar-refractivity contribution in [3.63, 3.8) is 0 Å². The summed E-state index contributed by atoms with van der Waals surface area (Å²) in [6.45, 7) is 7.19. The Morgan fingerprint density at radius 2 is 1.79 bits per heavy atom. The summed E-state index contributed by atoms with van der Waals surface area (Å²) in [7, 11) is 0. The molecule has 0 aliphatic carbocycles. The van der Waals surface area contributed by atoms with Crippen LogP contribution in [0.4, 0.5) is 0 Å². The lowest BCUT2D eigenvalue weighted by atomic mass is 10.1. The Morgan fingerprint density at radius 3 is 2.46 bits per heavy atom. The molecule has 1 amide bonds. The predicted molar refractivity (Wildman–Crippen MR) is 99.1 cm³/mol. The molecule has 0 unspecified atom stereocenters. The summed E-state index contributed by atoms with van der Waals surface area (Å²) in [5.41, 5.74) is 2.11. The smallest absolute Gasteiger partial charge is 0.289 e. The summed E-state index contributed by atoms with van der Waals surface area (Å²) in [6, 6.07) is 10.1. The zero-order chi connectivity index (χ0) is 16.1. The van der Waals surface area contributed by atoms with Gasteiger partial charge in [0, 0.05) is 18.7 Å². The summed E-state index contributed by atoms with van der Waals surface area (Å²) in [5, 5.41) is 0. The van der Waals surface area contributed by atoms with Crippen LogP contribution in [0.1, 0.15) is 31.7 Å². The first kappa shape index (κ1) is 18.8. The van der Waals surface area contributed by atoms with Gasteiger partial charge in [0.2, 0.25) is 0 Å². The number of amides is 1. The first-order valence-corrected chi connectivity index (χ1v) is 8.72. The molecule has 1 saturated heterocycles. The van der Waals surface area contributed by atoms with Crippen molar-refractivity contribution >= 4 is 23.9 Å². The highest BCUT2D eigenvalue weighted by molar-refractivity contribution is 6.04. The van der Waals surface area contributed by atoms with Crippen molar-refractivity contribution in [2.24, 2.45) is 0 Å². The first-order chi connectivity index (χ1) is 11.3. The van der Waals surface area contributed by atoms with E-state index < -0.39 is 0 Å². The predicted octanol–water partition coefficient (Wildman–Crippen LogP) is 3.18. The molecule has 0 spiro atoms. The average molecular weight is 351 g/mol. The molecule has 0 atom stereocenters. The molecule has 0 aromatic heterocycles. The fourth-order valence-corrected chi connectivity index (χ4v) is 3.33. The summed E-state index contributed by atoms with van der Waals surface area (Å²) >= 11 is 0. The van der Waals surface area contributed by atoms with Gasteiger partial charge >= 0.3 is 0 Å². The van der Waals surface area contributed by atoms with Crippen LogP contribution < -0.4 is 0 Å². The largest absolute Gasteiger partial charge is 0.486 e. The Labute approximate surface area is 150 Å². The molecule has 0 radical (unpaired) electrons. The molecule has 4 nitrogen and oxygen atoms in total. The number of carbonyl (C=O) groups excluding carboxylic acids is 1. The van der Waals surface area contributed by atoms with Crippen molar-refractivity contribution in [2.45, 2.75) is 26.2 Å². The number of piperidine rings is 1. The molecule has 0 N–H and O–H groups in total. The van der Waals surface area contributed by atoms with Crippen LogP contribution in [-0.4, -0.2) is 55.0 Å². The van der Waals surface area contributed by atoms with Crippen molar-refractivity contribution < 1.29 is 9.53 Å². The number of likely N-dealkylation sites (tertiary alicyclic amines) is 1. The number of hydrogen-bond acceptors (Lipinski definition) is 3. The van der Waals surface area contributed by atoms with Crippen LogP contribution in [-0.2, 0) is 9.53 Å². The zero-order valence-corrected chi connectivity index (χ0v) is 15.2. The molecule has 2 aliphatic rings. The Kier molecular flexibility index (Phi) is 7.13. The summed E-state index contributed by atoms with van der Waals surface area (Å²) < 4.78 is 5.96. The van der Waals surface area contributed by atoms with E-state index in [1.807, 2.05) is 30.0 Å². The van der Waals surface area contributed by atoms with E-state index in [2.05, 4.69) is 17.0 Å². The fraction of sp³-hybridized carbons (Fsp3) is 0.526. The molecule has 3 rings (SSSR count). The molecule has 0 saturated carbocycles. The number of carbonyl (C=O) groups is 1. The van der Waals surface area contributed by atoms with E-state index in [0.29, 0.717) is 25.5 Å². The van der Waals surface area contributed by atoms with Gasteiger partial charge in [-0.1, -0.05) is 36.8 Å². The molecule has 132 valence electrons. The van der Waals surface area contributed by atoms with Gasteiger partial charge in [0.15, 0.2) is 5.76 Å². The molecule has 1 fully saturated rings. The normalized spacial score (nSPS) is 18.7. The number of ether oxygens (including phenoxy) is 1. The van der Waals surface area contributed by atoms with Gasteiger partial charge in [0.25, 0.3) is 5.91 Å². The van der Waals surface area contributed by atoms with Gasteiger partial charge < -0.3 is 9.64 Å². The van der Waals surface area contributed by atoms with Crippen molar-refractivity contribution in [3.8, 4) is 0 Å². The number of hydrogen-bond donors (Lipinski definition) is 0. The quantitative estimate of drug-likeness (QED) is 0.790. The summed E-state index contributed by atoms with van der Waals surface area (Å²) in [4.78, 5) is 16.8. The van der Waals surface area contributed by atoms with Crippen LogP contribution in [0.2, 0.25) is 0 Å². The number of rotatable bonds is 6. The molecule has 0 bridgehead atoms. The van der Waals surface area contributed by atoms with Gasteiger partial charge in [-0.3, -0.25) is 9.69 Å². The van der Waals surface area contributed by atoms with Crippen molar-refractivity contribution in [3.05, 3.63) is 41.7 Å². The molecule has 5 heteroatoms. The molecular formula is C19H27ClN2O2. The van der Waals surface area contributed by atoms with Gasteiger partial charge in [0.1, 0.15) is 6.61 Å². The number of nitrogens with zero attached hydrogens (tertiary/aromatic N) is 2. The first-order valence-electron chi connectivity index (χ1n) is 8.72. The topological polar surface area (TPSA) is 32.8 Å². The van der Waals surface area contributed by atoms with E-state index in [1.165, 1.54) is 19.3 Å². The zero-order valence-electron chi connectivity index (χ0n) is 14.4. The maximum Gasteiger partial charge on any atom is 0.289 e. The van der Waals surface area contributed by atoms with Gasteiger partial charge in [-0.05, 0) is 38.4 Å². The van der Waals surface area contributed by atoms with Crippen LogP contribution >= 0.6 is 12.4 Å². The number of likely N-dealkylation sites (N-methyl/N-ethyl adjacent to an activating group) is 1. The maximum absolute atomic E-state index is 12.5. The minimum absolute atomic E-state index is 0. The molecule has 24 heavy (non-hydrogen) atoms. The fourth-order valence-electron chi connectivity index (χ4n) is 3.33. The highest BCUT2D eigenvalue weighted by Gasteiger charge is 2.31. The second-order valence-corrected chi connectivity index (χ2v) is 6.24. The summed E-state index contributed by atoms with van der Waals surface area (Å²) in [6.07, 6.45) is 3.89. The molecule has 1 aromatic rings. The van der Waals surface area contributed by atoms with Crippen molar-refractivity contribution in [1.82, 2.24) is 9.80 Å². The second kappa shape index (κ2) is 9.09. The van der Waals surface area contributed by atoms with Gasteiger partial charge in [-0.15, -0.1) is 12.4 Å². The van der Waals surface area contributed by atoms with E-state index in [-0.39, 0.29) is 18.3 Å². The molecule has 2 heterocycles. The van der Waals surface area contributed by atoms with Crippen LogP contribution in [0, 0.1) is 0 Å². The SMILES string of the molecule is CCN1CC(c2ccccc2)=C(OCCN2CCCCC2)C1=O.Cl. The van der Waals surface area contributed by atoms with E-state index in [0.717, 1.165) is 30.8 Å². The monoisotopic (exact) mass is 350 g/mol. The van der Waals surface area contributed by atoms with E-state index in [1.54, 1.807) is 0 Å². The van der Waals surface area contributed by atoms with Crippen molar-refractivity contribution in [2.75, 3.05) is 39.3 Å². The third-order valence-electron chi connectivity index (χ3n) is 4.71. The van der Waals surface area contributed by atoms with E-state index >= 15 is 0 Å². The Balaban J connectivity index is 0.00000208. The van der Waals surface area contributed by atoms with Gasteiger partial charge in [0.05, 0.1) is 6.54 Å². The standard InChI is InChI=1S/C19H26N2O2.ClH/c1-2-21-15-17(16-9-5-3-6-10-16)18(19(21)22)23-14-13-20-11-7-4-8-12-20;/h3,5-6,9-10H,2,4,7-8,11-15H2,1H3;1H. The molecule has 2 aliphatic heterocycles.